The number of esters is 1. The standard InChI is InChI=1S/C21H27N3O6/c1-6-7-10-24-17(26)14-9-8-13(11-15(14)18(24)27)19(28)30-12(2)16(25)22-20(29)23-21(3,4)5/h8-9,11-12H,6-7,10H2,1-5H3,(H2,22,23,25,29). The predicted molar refractivity (Wildman–Crippen MR) is 108 cm³/mol. The Bertz CT molecular complexity index is 887. The summed E-state index contributed by atoms with van der Waals surface area (Å²) in [5, 5.41) is 4.66. The lowest BCUT2D eigenvalue weighted by Crippen LogP contribution is -2.50. The number of ether oxygens (including phenoxy) is 1. The fourth-order valence-corrected chi connectivity index (χ4v) is 2.80. The van der Waals surface area contributed by atoms with Crippen LogP contribution in [0.4, 0.5) is 4.79 Å². The van der Waals surface area contributed by atoms with Crippen molar-refractivity contribution in [2.75, 3.05) is 6.54 Å². The Hall–Kier alpha value is -3.23. The molecule has 1 atom stereocenters. The molecule has 30 heavy (non-hydrogen) atoms. The molecule has 1 aliphatic rings. The summed E-state index contributed by atoms with van der Waals surface area (Å²) >= 11 is 0. The normalized spacial score (nSPS) is 14.2. The summed E-state index contributed by atoms with van der Waals surface area (Å²) in [5.41, 5.74) is -0.139. The topological polar surface area (TPSA) is 122 Å². The zero-order chi connectivity index (χ0) is 22.6. The van der Waals surface area contributed by atoms with Crippen molar-refractivity contribution in [1.82, 2.24) is 15.5 Å². The third kappa shape index (κ3) is 5.43. The van der Waals surface area contributed by atoms with Crippen molar-refractivity contribution < 1.29 is 28.7 Å². The number of amides is 5. The van der Waals surface area contributed by atoms with Gasteiger partial charge in [0.05, 0.1) is 16.7 Å². The molecule has 1 aromatic rings. The second kappa shape index (κ2) is 9.06. The van der Waals surface area contributed by atoms with E-state index < -0.39 is 35.5 Å². The van der Waals surface area contributed by atoms with Crippen LogP contribution in [0, 0.1) is 0 Å². The lowest BCUT2D eigenvalue weighted by molar-refractivity contribution is -0.127. The van der Waals surface area contributed by atoms with E-state index in [2.05, 4.69) is 10.6 Å². The molecule has 1 unspecified atom stereocenters. The summed E-state index contributed by atoms with van der Waals surface area (Å²) in [4.78, 5) is 62.3. The van der Waals surface area contributed by atoms with E-state index in [9.17, 15) is 24.0 Å². The van der Waals surface area contributed by atoms with Crippen LogP contribution >= 0.6 is 0 Å². The molecule has 5 amide bonds. The average molecular weight is 417 g/mol. The fraction of sp³-hybridized carbons (Fsp3) is 0.476. The molecule has 9 heteroatoms. The van der Waals surface area contributed by atoms with Gasteiger partial charge in [-0.2, -0.15) is 0 Å². The molecular formula is C21H27N3O6. The largest absolute Gasteiger partial charge is 0.449 e. The van der Waals surface area contributed by atoms with Crippen molar-refractivity contribution >= 4 is 29.7 Å². The number of fused-ring (bicyclic) bond motifs is 1. The van der Waals surface area contributed by atoms with Gasteiger partial charge in [0.25, 0.3) is 17.7 Å². The number of rotatable bonds is 6. The number of unbranched alkanes of at least 4 members (excludes halogenated alkanes) is 1. The van der Waals surface area contributed by atoms with Gasteiger partial charge in [-0.25, -0.2) is 9.59 Å². The van der Waals surface area contributed by atoms with Gasteiger partial charge in [-0.1, -0.05) is 13.3 Å². The van der Waals surface area contributed by atoms with Gasteiger partial charge < -0.3 is 10.1 Å². The van der Waals surface area contributed by atoms with Crippen LogP contribution in [0.1, 0.15) is 78.5 Å². The van der Waals surface area contributed by atoms with Gasteiger partial charge in [0.15, 0.2) is 6.10 Å². The minimum Gasteiger partial charge on any atom is -0.449 e. The van der Waals surface area contributed by atoms with Gasteiger partial charge in [0.2, 0.25) is 0 Å². The van der Waals surface area contributed by atoms with Gasteiger partial charge in [0, 0.05) is 12.1 Å². The third-order valence-electron chi connectivity index (χ3n) is 4.32. The molecule has 1 aromatic carbocycles. The molecule has 9 nitrogen and oxygen atoms in total. The van der Waals surface area contributed by atoms with Crippen LogP contribution in [0.25, 0.3) is 0 Å². The Morgan fingerprint density at radius 3 is 2.33 bits per heavy atom. The first-order valence-electron chi connectivity index (χ1n) is 9.79. The monoisotopic (exact) mass is 417 g/mol. The number of benzene rings is 1. The highest BCUT2D eigenvalue weighted by atomic mass is 16.5. The summed E-state index contributed by atoms with van der Waals surface area (Å²) in [6.45, 7) is 8.86. The lowest BCUT2D eigenvalue weighted by Gasteiger charge is -2.21. The molecule has 0 aliphatic carbocycles. The lowest BCUT2D eigenvalue weighted by atomic mass is 10.1. The number of carbonyl (C=O) groups excluding carboxylic acids is 5. The summed E-state index contributed by atoms with van der Waals surface area (Å²) in [6, 6.07) is 3.36. The Morgan fingerprint density at radius 2 is 1.73 bits per heavy atom. The molecule has 0 saturated carbocycles. The van der Waals surface area contributed by atoms with Crippen molar-refractivity contribution in [1.29, 1.82) is 0 Å². The highest BCUT2D eigenvalue weighted by Gasteiger charge is 2.35. The van der Waals surface area contributed by atoms with Gasteiger partial charge in [-0.15, -0.1) is 0 Å². The van der Waals surface area contributed by atoms with E-state index in [0.29, 0.717) is 13.0 Å². The summed E-state index contributed by atoms with van der Waals surface area (Å²) < 4.78 is 5.10. The van der Waals surface area contributed by atoms with Crippen LogP contribution in [0.15, 0.2) is 18.2 Å². The Balaban J connectivity index is 2.04. The fourth-order valence-electron chi connectivity index (χ4n) is 2.80. The van der Waals surface area contributed by atoms with Crippen molar-refractivity contribution in [3.63, 3.8) is 0 Å². The maximum Gasteiger partial charge on any atom is 0.338 e. The van der Waals surface area contributed by atoms with Gasteiger partial charge in [-0.05, 0) is 52.3 Å². The molecule has 0 aromatic heterocycles. The second-order valence-corrected chi connectivity index (χ2v) is 8.12. The average Bonchev–Trinajstić information content (AvgIpc) is 2.88. The first-order chi connectivity index (χ1) is 13.9. The first kappa shape index (κ1) is 23.1. The first-order valence-corrected chi connectivity index (χ1v) is 9.79. The van der Waals surface area contributed by atoms with Crippen molar-refractivity contribution in [3.8, 4) is 0 Å². The number of carbonyl (C=O) groups is 5. The summed E-state index contributed by atoms with van der Waals surface area (Å²) in [7, 11) is 0. The van der Waals surface area contributed by atoms with E-state index >= 15 is 0 Å². The zero-order valence-electron chi connectivity index (χ0n) is 17.8. The molecule has 162 valence electrons. The number of nitrogens with one attached hydrogen (secondary N) is 2. The highest BCUT2D eigenvalue weighted by molar-refractivity contribution is 6.22. The van der Waals surface area contributed by atoms with Crippen molar-refractivity contribution in [2.24, 2.45) is 0 Å². The van der Waals surface area contributed by atoms with Crippen LogP contribution in [0.3, 0.4) is 0 Å². The number of nitrogens with zero attached hydrogens (tertiary/aromatic N) is 1. The van der Waals surface area contributed by atoms with Crippen LogP contribution in [0.2, 0.25) is 0 Å². The maximum atomic E-state index is 12.5. The molecule has 1 aliphatic heterocycles. The van der Waals surface area contributed by atoms with E-state index in [4.69, 9.17) is 4.74 Å². The molecule has 2 N–H and O–H groups in total. The van der Waals surface area contributed by atoms with Crippen LogP contribution in [-0.2, 0) is 9.53 Å². The Labute approximate surface area is 175 Å². The number of hydrogen-bond acceptors (Lipinski definition) is 6. The van der Waals surface area contributed by atoms with Crippen molar-refractivity contribution in [2.45, 2.75) is 59.1 Å². The zero-order valence-corrected chi connectivity index (χ0v) is 17.8. The van der Waals surface area contributed by atoms with E-state index in [1.807, 2.05) is 6.92 Å². The maximum absolute atomic E-state index is 12.5. The quantitative estimate of drug-likeness (QED) is 0.541. The molecule has 1 heterocycles. The minimum atomic E-state index is -1.24. The number of urea groups is 1. The molecule has 0 spiro atoms. The SMILES string of the molecule is CCCCN1C(=O)c2ccc(C(=O)OC(C)C(=O)NC(=O)NC(C)(C)C)cc2C1=O. The van der Waals surface area contributed by atoms with Gasteiger partial charge in [0.1, 0.15) is 0 Å². The molecule has 0 radical (unpaired) electrons. The minimum absolute atomic E-state index is 0.0334. The van der Waals surface area contributed by atoms with E-state index in [1.54, 1.807) is 20.8 Å². The Morgan fingerprint density at radius 1 is 1.10 bits per heavy atom. The molecule has 2 rings (SSSR count). The summed E-state index contributed by atoms with van der Waals surface area (Å²) in [6.07, 6.45) is 0.281. The third-order valence-corrected chi connectivity index (χ3v) is 4.32. The number of imide groups is 2. The molecular weight excluding hydrogens is 390 g/mol. The smallest absolute Gasteiger partial charge is 0.338 e. The van der Waals surface area contributed by atoms with Gasteiger partial charge in [-0.3, -0.25) is 24.6 Å². The van der Waals surface area contributed by atoms with Crippen molar-refractivity contribution in [3.05, 3.63) is 34.9 Å². The van der Waals surface area contributed by atoms with Gasteiger partial charge >= 0.3 is 12.0 Å². The predicted octanol–water partition coefficient (Wildman–Crippen LogP) is 2.25. The van der Waals surface area contributed by atoms with E-state index in [-0.39, 0.29) is 22.6 Å². The Kier molecular flexibility index (Phi) is 6.96. The highest BCUT2D eigenvalue weighted by Crippen LogP contribution is 2.25. The number of hydrogen-bond donors (Lipinski definition) is 2. The molecule has 0 fully saturated rings. The molecule has 0 bridgehead atoms. The van der Waals surface area contributed by atoms with Crippen LogP contribution in [0.5, 0.6) is 0 Å². The second-order valence-electron chi connectivity index (χ2n) is 8.12. The summed E-state index contributed by atoms with van der Waals surface area (Å²) in [5.74, 6) is -2.48. The van der Waals surface area contributed by atoms with Crippen LogP contribution in [-0.4, -0.2) is 52.8 Å². The van der Waals surface area contributed by atoms with E-state index in [1.165, 1.54) is 25.1 Å². The van der Waals surface area contributed by atoms with E-state index in [0.717, 1.165) is 11.3 Å². The molecule has 0 saturated heterocycles. The van der Waals surface area contributed by atoms with Crippen LogP contribution < -0.4 is 10.6 Å².